The molecule has 0 unspecified atom stereocenters. The molecule has 0 aliphatic rings. The van der Waals surface area contributed by atoms with E-state index in [-0.39, 0.29) is 10.8 Å². The predicted molar refractivity (Wildman–Crippen MR) is 56.7 cm³/mol. The van der Waals surface area contributed by atoms with Gasteiger partial charge in [0.1, 0.15) is 0 Å². The van der Waals surface area contributed by atoms with Crippen molar-refractivity contribution < 1.29 is 13.2 Å². The number of anilines is 1. The number of nitrogens with one attached hydrogen (secondary N) is 2. The second-order valence-electron chi connectivity index (χ2n) is 2.75. The van der Waals surface area contributed by atoms with Crippen LogP contribution in [-0.2, 0) is 6.18 Å². The summed E-state index contributed by atoms with van der Waals surface area (Å²) in [6.07, 6.45) is -4.38. The van der Waals surface area contributed by atoms with Gasteiger partial charge in [-0.3, -0.25) is 0 Å². The summed E-state index contributed by atoms with van der Waals surface area (Å²) >= 11 is 4.73. The van der Waals surface area contributed by atoms with E-state index in [0.717, 1.165) is 6.07 Å². The van der Waals surface area contributed by atoms with Gasteiger partial charge in [-0.1, -0.05) is 12.1 Å². The van der Waals surface area contributed by atoms with Crippen molar-refractivity contribution >= 4 is 23.0 Å². The van der Waals surface area contributed by atoms with Gasteiger partial charge >= 0.3 is 6.18 Å². The Hall–Kier alpha value is -1.30. The van der Waals surface area contributed by atoms with Crippen LogP contribution >= 0.6 is 12.2 Å². The van der Waals surface area contributed by atoms with Crippen molar-refractivity contribution in [1.29, 1.82) is 0 Å². The second-order valence-corrected chi connectivity index (χ2v) is 3.16. The topological polar surface area (TPSA) is 24.1 Å². The van der Waals surface area contributed by atoms with Gasteiger partial charge in [0.25, 0.3) is 0 Å². The summed E-state index contributed by atoms with van der Waals surface area (Å²) in [7, 11) is 1.53. The lowest BCUT2D eigenvalue weighted by molar-refractivity contribution is -0.136. The van der Waals surface area contributed by atoms with Gasteiger partial charge in [-0.2, -0.15) is 13.2 Å². The Balaban J connectivity index is 3.02. The summed E-state index contributed by atoms with van der Waals surface area (Å²) in [4.78, 5) is 0. The number of hydrogen-bond acceptors (Lipinski definition) is 1. The van der Waals surface area contributed by atoms with Crippen molar-refractivity contribution in [2.24, 2.45) is 0 Å². The standard InChI is InChI=1S/C9H9F3N2S/c1-13-8(15)14-7-5-3-2-4-6(7)9(10,11)12/h2-5H,1H3,(H2,13,14,15). The molecule has 0 saturated carbocycles. The molecule has 82 valence electrons. The van der Waals surface area contributed by atoms with Crippen LogP contribution in [0, 0.1) is 0 Å². The third kappa shape index (κ3) is 3.09. The van der Waals surface area contributed by atoms with Gasteiger partial charge in [0.2, 0.25) is 0 Å². The zero-order valence-corrected chi connectivity index (χ0v) is 8.67. The molecule has 1 aromatic rings. The number of halogens is 3. The van der Waals surface area contributed by atoms with Gasteiger partial charge in [-0.25, -0.2) is 0 Å². The maximum Gasteiger partial charge on any atom is 0.418 e. The lowest BCUT2D eigenvalue weighted by Crippen LogP contribution is -2.25. The number of para-hydroxylation sites is 1. The van der Waals surface area contributed by atoms with Gasteiger partial charge in [-0.05, 0) is 24.4 Å². The molecule has 1 rings (SSSR count). The van der Waals surface area contributed by atoms with Gasteiger partial charge in [-0.15, -0.1) is 0 Å². The summed E-state index contributed by atoms with van der Waals surface area (Å²) in [6.45, 7) is 0. The van der Waals surface area contributed by atoms with Crippen molar-refractivity contribution in [2.75, 3.05) is 12.4 Å². The molecule has 0 saturated heterocycles. The smallest absolute Gasteiger partial charge is 0.366 e. The molecule has 0 aromatic heterocycles. The lowest BCUT2D eigenvalue weighted by Gasteiger charge is -2.14. The molecule has 2 N–H and O–H groups in total. The van der Waals surface area contributed by atoms with Crippen LogP contribution in [0.5, 0.6) is 0 Å². The van der Waals surface area contributed by atoms with Crippen LogP contribution in [-0.4, -0.2) is 12.2 Å². The first-order valence-corrected chi connectivity index (χ1v) is 4.51. The molecule has 0 heterocycles. The zero-order valence-electron chi connectivity index (χ0n) is 7.85. The number of thiocarbonyl (C=S) groups is 1. The van der Waals surface area contributed by atoms with E-state index in [1.807, 2.05) is 0 Å². The summed E-state index contributed by atoms with van der Waals surface area (Å²) in [6, 6.07) is 5.17. The first-order valence-electron chi connectivity index (χ1n) is 4.10. The lowest BCUT2D eigenvalue weighted by atomic mass is 10.2. The van der Waals surface area contributed by atoms with Gasteiger partial charge in [0.15, 0.2) is 5.11 Å². The van der Waals surface area contributed by atoms with Crippen LogP contribution in [0.25, 0.3) is 0 Å². The van der Waals surface area contributed by atoms with Crippen LogP contribution in [0.15, 0.2) is 24.3 Å². The van der Waals surface area contributed by atoms with Gasteiger partial charge < -0.3 is 10.6 Å². The van der Waals surface area contributed by atoms with Crippen molar-refractivity contribution in [1.82, 2.24) is 5.32 Å². The van der Waals surface area contributed by atoms with Gasteiger partial charge in [0.05, 0.1) is 11.3 Å². The SMILES string of the molecule is CNC(=S)Nc1ccccc1C(F)(F)F. The molecule has 6 heteroatoms. The van der Waals surface area contributed by atoms with Crippen LogP contribution in [0.4, 0.5) is 18.9 Å². The van der Waals surface area contributed by atoms with Crippen LogP contribution < -0.4 is 10.6 Å². The van der Waals surface area contributed by atoms with Crippen molar-refractivity contribution in [2.45, 2.75) is 6.18 Å². The minimum Gasteiger partial charge on any atom is -0.366 e. The summed E-state index contributed by atoms with van der Waals surface area (Å²) in [5, 5.41) is 5.16. The predicted octanol–water partition coefficient (Wildman–Crippen LogP) is 2.62. The Labute approximate surface area is 90.5 Å². The fourth-order valence-electron chi connectivity index (χ4n) is 1.02. The molecule has 0 radical (unpaired) electrons. The first kappa shape index (κ1) is 11.8. The molecule has 15 heavy (non-hydrogen) atoms. The number of benzene rings is 1. The molecule has 0 spiro atoms. The maximum absolute atomic E-state index is 12.5. The van der Waals surface area contributed by atoms with E-state index < -0.39 is 11.7 Å². The van der Waals surface area contributed by atoms with E-state index in [4.69, 9.17) is 12.2 Å². The Kier molecular flexibility index (Phi) is 3.52. The molecule has 0 aliphatic heterocycles. The Morgan fingerprint density at radius 1 is 1.27 bits per heavy atom. The highest BCUT2D eigenvalue weighted by atomic mass is 32.1. The fourth-order valence-corrected chi connectivity index (χ4v) is 1.13. The van der Waals surface area contributed by atoms with E-state index in [9.17, 15) is 13.2 Å². The third-order valence-electron chi connectivity index (χ3n) is 1.71. The van der Waals surface area contributed by atoms with Crippen LogP contribution in [0.2, 0.25) is 0 Å². The van der Waals surface area contributed by atoms with E-state index >= 15 is 0 Å². The van der Waals surface area contributed by atoms with E-state index in [1.54, 1.807) is 0 Å². The number of hydrogen-bond donors (Lipinski definition) is 2. The first-order chi connectivity index (χ1) is 6.95. The quantitative estimate of drug-likeness (QED) is 0.730. The molecule has 1 aromatic carbocycles. The zero-order chi connectivity index (χ0) is 11.5. The molecular weight excluding hydrogens is 225 g/mol. The summed E-state index contributed by atoms with van der Waals surface area (Å²) < 4.78 is 37.5. The minimum absolute atomic E-state index is 0.0515. The molecule has 0 aliphatic carbocycles. The molecular formula is C9H9F3N2S. The Morgan fingerprint density at radius 3 is 2.40 bits per heavy atom. The molecule has 0 atom stereocenters. The normalized spacial score (nSPS) is 10.9. The number of rotatable bonds is 1. The highest BCUT2D eigenvalue weighted by molar-refractivity contribution is 7.80. The monoisotopic (exact) mass is 234 g/mol. The van der Waals surface area contributed by atoms with E-state index in [0.29, 0.717) is 0 Å². The highest BCUT2D eigenvalue weighted by Gasteiger charge is 2.33. The van der Waals surface area contributed by atoms with Crippen molar-refractivity contribution in [3.8, 4) is 0 Å². The summed E-state index contributed by atoms with van der Waals surface area (Å²) in [5.41, 5.74) is -0.785. The fraction of sp³-hybridized carbons (Fsp3) is 0.222. The molecule has 2 nitrogen and oxygen atoms in total. The van der Waals surface area contributed by atoms with E-state index in [2.05, 4.69) is 10.6 Å². The largest absolute Gasteiger partial charge is 0.418 e. The average Bonchev–Trinajstić information content (AvgIpc) is 2.17. The molecule has 0 bridgehead atoms. The van der Waals surface area contributed by atoms with Crippen molar-refractivity contribution in [3.05, 3.63) is 29.8 Å². The highest BCUT2D eigenvalue weighted by Crippen LogP contribution is 2.34. The van der Waals surface area contributed by atoms with Crippen LogP contribution in [0.1, 0.15) is 5.56 Å². The molecule has 0 amide bonds. The third-order valence-corrected chi connectivity index (χ3v) is 2.01. The average molecular weight is 234 g/mol. The minimum atomic E-state index is -4.38. The Bertz CT molecular complexity index is 363. The summed E-state index contributed by atoms with van der Waals surface area (Å²) in [5.74, 6) is 0. The maximum atomic E-state index is 12.5. The van der Waals surface area contributed by atoms with Crippen molar-refractivity contribution in [3.63, 3.8) is 0 Å². The second kappa shape index (κ2) is 4.48. The van der Waals surface area contributed by atoms with E-state index in [1.165, 1.54) is 25.2 Å². The van der Waals surface area contributed by atoms with Gasteiger partial charge in [0, 0.05) is 7.05 Å². The van der Waals surface area contributed by atoms with Crippen LogP contribution in [0.3, 0.4) is 0 Å². The Morgan fingerprint density at radius 2 is 1.87 bits per heavy atom. The molecule has 0 fully saturated rings. The number of alkyl halides is 3.